The number of urea groups is 1. The fraction of sp³-hybridized carbons (Fsp3) is 0.0870. The molecule has 0 aliphatic carbocycles. The summed E-state index contributed by atoms with van der Waals surface area (Å²) in [7, 11) is 0. The Morgan fingerprint density at radius 1 is 1.09 bits per heavy atom. The Bertz CT molecular complexity index is 1220. The zero-order valence-electron chi connectivity index (χ0n) is 16.5. The number of hydrogen-bond donors (Lipinski definition) is 1. The molecule has 0 bridgehead atoms. The molecule has 0 atom stereocenters. The smallest absolute Gasteiger partial charge is 0.331 e. The molecular formula is C23H16FIN2O5. The van der Waals surface area contributed by atoms with E-state index >= 15 is 0 Å². The van der Waals surface area contributed by atoms with Gasteiger partial charge in [0.05, 0.1) is 16.4 Å². The topological polar surface area (TPSA) is 88.9 Å². The van der Waals surface area contributed by atoms with Gasteiger partial charge in [0.1, 0.15) is 29.5 Å². The first-order valence-electron chi connectivity index (χ1n) is 9.49. The standard InChI is InChI=1S/C23H16FIN2O5/c24-16-4-1-3-15(9-16)13-32-20-7-6-14(11-19(20)25)10-18-21(28)26-23(30)27(22(18)29)12-17-5-2-8-31-17/h1-11H,12-13H2,(H,26,28,30)/b18-10+. The summed E-state index contributed by atoms with van der Waals surface area (Å²) in [4.78, 5) is 38.1. The number of nitrogens with zero attached hydrogens (tertiary/aromatic N) is 1. The first kappa shape index (κ1) is 21.8. The SMILES string of the molecule is O=C1NC(=O)N(Cc2ccco2)C(=O)/C1=C/c1ccc(OCc2cccc(F)c2)c(I)c1. The van der Waals surface area contributed by atoms with Crippen molar-refractivity contribution in [2.45, 2.75) is 13.2 Å². The van der Waals surface area contributed by atoms with Gasteiger partial charge in [-0.25, -0.2) is 9.18 Å². The predicted molar refractivity (Wildman–Crippen MR) is 121 cm³/mol. The van der Waals surface area contributed by atoms with Crippen LogP contribution in [-0.2, 0) is 22.7 Å². The molecule has 1 aromatic heterocycles. The van der Waals surface area contributed by atoms with Gasteiger partial charge in [0.15, 0.2) is 0 Å². The number of carbonyl (C=O) groups is 3. The van der Waals surface area contributed by atoms with Crippen molar-refractivity contribution in [1.29, 1.82) is 0 Å². The number of carbonyl (C=O) groups excluding carboxylic acids is 3. The Labute approximate surface area is 196 Å². The first-order chi connectivity index (χ1) is 15.4. The number of furan rings is 1. The van der Waals surface area contributed by atoms with Crippen LogP contribution in [0.3, 0.4) is 0 Å². The number of nitrogens with one attached hydrogen (secondary N) is 1. The van der Waals surface area contributed by atoms with E-state index in [1.54, 1.807) is 42.5 Å². The first-order valence-corrected chi connectivity index (χ1v) is 10.6. The van der Waals surface area contributed by atoms with E-state index < -0.39 is 17.8 Å². The molecule has 7 nitrogen and oxygen atoms in total. The summed E-state index contributed by atoms with van der Waals surface area (Å²) in [5, 5.41) is 2.17. The molecule has 9 heteroatoms. The molecule has 1 aliphatic heterocycles. The second-order valence-electron chi connectivity index (χ2n) is 6.90. The highest BCUT2D eigenvalue weighted by Gasteiger charge is 2.36. The molecular weight excluding hydrogens is 530 g/mol. The van der Waals surface area contributed by atoms with Gasteiger partial charge in [-0.2, -0.15) is 0 Å². The largest absolute Gasteiger partial charge is 0.488 e. The molecule has 1 N–H and O–H groups in total. The maximum Gasteiger partial charge on any atom is 0.331 e. The monoisotopic (exact) mass is 546 g/mol. The molecule has 2 aromatic carbocycles. The van der Waals surface area contributed by atoms with Crippen LogP contribution in [0, 0.1) is 9.39 Å². The number of imide groups is 2. The summed E-state index contributed by atoms with van der Waals surface area (Å²) in [6, 6.07) is 13.7. The Balaban J connectivity index is 1.51. The number of barbiturate groups is 1. The highest BCUT2D eigenvalue weighted by molar-refractivity contribution is 14.1. The maximum atomic E-state index is 13.3. The fourth-order valence-corrected chi connectivity index (χ4v) is 3.77. The van der Waals surface area contributed by atoms with Gasteiger partial charge in [-0.1, -0.05) is 18.2 Å². The van der Waals surface area contributed by atoms with Crippen molar-refractivity contribution in [2.75, 3.05) is 0 Å². The van der Waals surface area contributed by atoms with Gasteiger partial charge < -0.3 is 9.15 Å². The summed E-state index contributed by atoms with van der Waals surface area (Å²) in [6.07, 6.45) is 2.85. The summed E-state index contributed by atoms with van der Waals surface area (Å²) < 4.78 is 25.0. The minimum atomic E-state index is -0.802. The van der Waals surface area contributed by atoms with E-state index in [4.69, 9.17) is 9.15 Å². The highest BCUT2D eigenvalue weighted by Crippen LogP contribution is 2.25. The number of amides is 4. The van der Waals surface area contributed by atoms with Crippen molar-refractivity contribution in [3.8, 4) is 5.75 Å². The van der Waals surface area contributed by atoms with Crippen molar-refractivity contribution in [3.63, 3.8) is 0 Å². The second-order valence-corrected chi connectivity index (χ2v) is 8.06. The average Bonchev–Trinajstić information content (AvgIpc) is 3.27. The van der Waals surface area contributed by atoms with Gasteiger partial charge in [0.25, 0.3) is 11.8 Å². The quantitative estimate of drug-likeness (QED) is 0.284. The van der Waals surface area contributed by atoms with Crippen LogP contribution < -0.4 is 10.1 Å². The van der Waals surface area contributed by atoms with E-state index in [0.717, 1.165) is 8.47 Å². The molecule has 4 amide bonds. The summed E-state index contributed by atoms with van der Waals surface area (Å²) in [5.74, 6) is -0.825. The van der Waals surface area contributed by atoms with E-state index in [9.17, 15) is 18.8 Å². The molecule has 1 saturated heterocycles. The van der Waals surface area contributed by atoms with Crippen molar-refractivity contribution < 1.29 is 27.9 Å². The van der Waals surface area contributed by atoms with Gasteiger partial charge in [-0.15, -0.1) is 0 Å². The molecule has 3 aromatic rings. The lowest BCUT2D eigenvalue weighted by Gasteiger charge is -2.25. The van der Waals surface area contributed by atoms with Crippen LogP contribution in [-0.4, -0.2) is 22.7 Å². The molecule has 0 unspecified atom stereocenters. The van der Waals surface area contributed by atoms with Gasteiger partial charge in [-0.3, -0.25) is 19.8 Å². The Morgan fingerprint density at radius 3 is 2.66 bits per heavy atom. The third kappa shape index (κ3) is 4.88. The predicted octanol–water partition coefficient (Wildman–Crippen LogP) is 4.26. The average molecular weight is 546 g/mol. The van der Waals surface area contributed by atoms with Gasteiger partial charge in [0, 0.05) is 0 Å². The molecule has 2 heterocycles. The lowest BCUT2D eigenvalue weighted by molar-refractivity contribution is -0.130. The third-order valence-corrected chi connectivity index (χ3v) is 5.47. The van der Waals surface area contributed by atoms with Crippen LogP contribution in [0.4, 0.5) is 9.18 Å². The van der Waals surface area contributed by atoms with E-state index in [1.807, 2.05) is 0 Å². The second kappa shape index (κ2) is 9.35. The number of hydrogen-bond acceptors (Lipinski definition) is 5. The van der Waals surface area contributed by atoms with Crippen molar-refractivity contribution in [3.05, 3.63) is 92.7 Å². The molecule has 0 radical (unpaired) electrons. The Kier molecular flexibility index (Phi) is 6.35. The van der Waals surface area contributed by atoms with E-state index in [0.29, 0.717) is 22.6 Å². The van der Waals surface area contributed by atoms with Crippen LogP contribution in [0.2, 0.25) is 0 Å². The van der Waals surface area contributed by atoms with E-state index in [-0.39, 0.29) is 24.5 Å². The zero-order valence-corrected chi connectivity index (χ0v) is 18.7. The van der Waals surface area contributed by atoms with Crippen LogP contribution in [0.25, 0.3) is 6.08 Å². The Hall–Kier alpha value is -3.47. The molecule has 0 spiro atoms. The lowest BCUT2D eigenvalue weighted by atomic mass is 10.1. The lowest BCUT2D eigenvalue weighted by Crippen LogP contribution is -2.53. The summed E-state index contributed by atoms with van der Waals surface area (Å²) >= 11 is 2.07. The normalized spacial score (nSPS) is 15.2. The molecule has 162 valence electrons. The van der Waals surface area contributed by atoms with Crippen molar-refractivity contribution >= 4 is 46.5 Å². The van der Waals surface area contributed by atoms with Crippen LogP contribution >= 0.6 is 22.6 Å². The number of ether oxygens (including phenoxy) is 1. The number of benzene rings is 2. The summed E-state index contributed by atoms with van der Waals surface area (Å²) in [5.41, 5.74) is 1.11. The van der Waals surface area contributed by atoms with Gasteiger partial charge in [-0.05, 0) is 76.2 Å². The van der Waals surface area contributed by atoms with Crippen molar-refractivity contribution in [2.24, 2.45) is 0 Å². The number of rotatable bonds is 6. The fourth-order valence-electron chi connectivity index (χ4n) is 3.07. The van der Waals surface area contributed by atoms with Gasteiger partial charge >= 0.3 is 6.03 Å². The molecule has 1 aliphatic rings. The Morgan fingerprint density at radius 2 is 1.94 bits per heavy atom. The van der Waals surface area contributed by atoms with Crippen LogP contribution in [0.1, 0.15) is 16.9 Å². The van der Waals surface area contributed by atoms with Crippen LogP contribution in [0.5, 0.6) is 5.75 Å². The van der Waals surface area contributed by atoms with Crippen LogP contribution in [0.15, 0.2) is 70.9 Å². The van der Waals surface area contributed by atoms with Gasteiger partial charge in [0.2, 0.25) is 0 Å². The number of halogens is 2. The summed E-state index contributed by atoms with van der Waals surface area (Å²) in [6.45, 7) is 0.103. The van der Waals surface area contributed by atoms with E-state index in [1.165, 1.54) is 24.5 Å². The van der Waals surface area contributed by atoms with E-state index in [2.05, 4.69) is 27.9 Å². The highest BCUT2D eigenvalue weighted by atomic mass is 127. The minimum Gasteiger partial charge on any atom is -0.488 e. The molecule has 4 rings (SSSR count). The third-order valence-electron chi connectivity index (χ3n) is 4.63. The molecule has 32 heavy (non-hydrogen) atoms. The zero-order chi connectivity index (χ0) is 22.7. The molecule has 0 saturated carbocycles. The minimum absolute atomic E-state index is 0.0906. The molecule has 1 fully saturated rings. The maximum absolute atomic E-state index is 13.3. The van der Waals surface area contributed by atoms with Crippen molar-refractivity contribution in [1.82, 2.24) is 10.2 Å².